The molecule has 1 aliphatic heterocycles. The molecule has 2 rings (SSSR count). The molecule has 0 saturated carbocycles. The first-order chi connectivity index (χ1) is 10.1. The molecule has 3 N–H and O–H groups in total. The zero-order chi connectivity index (χ0) is 15.2. The summed E-state index contributed by atoms with van der Waals surface area (Å²) in [5, 5.41) is 9.56. The first-order valence-electron chi connectivity index (χ1n) is 7.51. The van der Waals surface area contributed by atoms with Crippen LogP contribution in [0.3, 0.4) is 0 Å². The van der Waals surface area contributed by atoms with E-state index in [1.807, 2.05) is 12.1 Å². The number of nitrogens with zero attached hydrogens (tertiary/aromatic N) is 2. The topological polar surface area (TPSA) is 71.1 Å². The van der Waals surface area contributed by atoms with E-state index in [0.717, 1.165) is 25.1 Å². The number of guanidine groups is 1. The highest BCUT2D eigenvalue weighted by Crippen LogP contribution is 2.26. The van der Waals surface area contributed by atoms with Gasteiger partial charge in [0.15, 0.2) is 17.5 Å². The van der Waals surface area contributed by atoms with Crippen LogP contribution >= 0.6 is 0 Å². The maximum Gasteiger partial charge on any atom is 0.191 e. The fraction of sp³-hybridized carbons (Fsp3) is 0.562. The monoisotopic (exact) mass is 291 g/mol. The number of nitrogens with two attached hydrogens (primary N) is 1. The van der Waals surface area contributed by atoms with Crippen LogP contribution < -0.4 is 10.5 Å². The largest absolute Gasteiger partial charge is 0.504 e. The molecule has 0 spiro atoms. The number of phenols is 1. The van der Waals surface area contributed by atoms with Gasteiger partial charge in [0.2, 0.25) is 0 Å². The number of piperidine rings is 1. The molecule has 5 heteroatoms. The average Bonchev–Trinajstić information content (AvgIpc) is 2.48. The summed E-state index contributed by atoms with van der Waals surface area (Å²) in [5.74, 6) is 1.99. The average molecular weight is 291 g/mol. The van der Waals surface area contributed by atoms with Crippen molar-refractivity contribution < 1.29 is 9.84 Å². The maximum atomic E-state index is 9.56. The second kappa shape index (κ2) is 7.20. The summed E-state index contributed by atoms with van der Waals surface area (Å²) < 4.78 is 5.10. The van der Waals surface area contributed by atoms with Crippen molar-refractivity contribution in [2.45, 2.75) is 26.2 Å². The third-order valence-corrected chi connectivity index (χ3v) is 3.90. The second-order valence-electron chi connectivity index (χ2n) is 5.69. The molecule has 0 radical (unpaired) electrons. The van der Waals surface area contributed by atoms with Gasteiger partial charge < -0.3 is 20.5 Å². The third-order valence-electron chi connectivity index (χ3n) is 3.90. The molecule has 1 unspecified atom stereocenters. The minimum atomic E-state index is 0.159. The molecular weight excluding hydrogens is 266 g/mol. The molecule has 1 atom stereocenters. The molecule has 5 nitrogen and oxygen atoms in total. The Labute approximate surface area is 126 Å². The van der Waals surface area contributed by atoms with Crippen molar-refractivity contribution in [2.75, 3.05) is 26.7 Å². The standard InChI is InChI=1S/C16H25N3O2/c1-12-4-3-9-19(11-12)16(17)18-8-7-13-5-6-14(20)15(10-13)21-2/h5-6,10,12,20H,3-4,7-9,11H2,1-2H3,(H2,17,18). The predicted molar refractivity (Wildman–Crippen MR) is 84.8 cm³/mol. The van der Waals surface area contributed by atoms with E-state index in [4.69, 9.17) is 10.5 Å². The van der Waals surface area contributed by atoms with E-state index in [2.05, 4.69) is 16.8 Å². The predicted octanol–water partition coefficient (Wildman–Crippen LogP) is 1.99. The van der Waals surface area contributed by atoms with Crippen LogP contribution in [0.4, 0.5) is 0 Å². The quantitative estimate of drug-likeness (QED) is 0.657. The van der Waals surface area contributed by atoms with Gasteiger partial charge in [-0.25, -0.2) is 0 Å². The van der Waals surface area contributed by atoms with E-state index in [0.29, 0.717) is 24.2 Å². The Hall–Kier alpha value is -1.91. The number of hydrogen-bond acceptors (Lipinski definition) is 3. The van der Waals surface area contributed by atoms with E-state index < -0.39 is 0 Å². The van der Waals surface area contributed by atoms with Gasteiger partial charge >= 0.3 is 0 Å². The number of ether oxygens (including phenoxy) is 1. The Morgan fingerprint density at radius 3 is 3.05 bits per heavy atom. The van der Waals surface area contributed by atoms with Crippen molar-refractivity contribution >= 4 is 5.96 Å². The van der Waals surface area contributed by atoms with Crippen LogP contribution in [-0.2, 0) is 6.42 Å². The molecule has 1 heterocycles. The highest BCUT2D eigenvalue weighted by molar-refractivity contribution is 5.78. The van der Waals surface area contributed by atoms with Gasteiger partial charge in [0.05, 0.1) is 7.11 Å². The fourth-order valence-electron chi connectivity index (χ4n) is 2.67. The molecule has 0 bridgehead atoms. The fourth-order valence-corrected chi connectivity index (χ4v) is 2.67. The number of methoxy groups -OCH3 is 1. The number of benzene rings is 1. The Morgan fingerprint density at radius 1 is 1.52 bits per heavy atom. The van der Waals surface area contributed by atoms with Gasteiger partial charge in [-0.3, -0.25) is 4.99 Å². The smallest absolute Gasteiger partial charge is 0.191 e. The van der Waals surface area contributed by atoms with Gasteiger partial charge in [-0.05, 0) is 42.9 Å². The molecule has 116 valence electrons. The summed E-state index contributed by atoms with van der Waals surface area (Å²) in [6.45, 7) is 4.90. The van der Waals surface area contributed by atoms with Crippen molar-refractivity contribution in [3.05, 3.63) is 23.8 Å². The number of hydrogen-bond donors (Lipinski definition) is 2. The highest BCUT2D eigenvalue weighted by Gasteiger charge is 2.17. The SMILES string of the molecule is COc1cc(CCN=C(N)N2CCCC(C)C2)ccc1O. The molecule has 1 aliphatic rings. The molecule has 0 aromatic heterocycles. The van der Waals surface area contributed by atoms with Gasteiger partial charge in [-0.15, -0.1) is 0 Å². The lowest BCUT2D eigenvalue weighted by molar-refractivity contribution is 0.270. The van der Waals surface area contributed by atoms with Crippen LogP contribution in [0.1, 0.15) is 25.3 Å². The van der Waals surface area contributed by atoms with Gasteiger partial charge in [0, 0.05) is 19.6 Å². The van der Waals surface area contributed by atoms with Crippen molar-refractivity contribution in [3.8, 4) is 11.5 Å². The zero-order valence-corrected chi connectivity index (χ0v) is 12.9. The summed E-state index contributed by atoms with van der Waals surface area (Å²) in [7, 11) is 1.55. The summed E-state index contributed by atoms with van der Waals surface area (Å²) in [4.78, 5) is 6.64. The van der Waals surface area contributed by atoms with Crippen molar-refractivity contribution in [2.24, 2.45) is 16.6 Å². The summed E-state index contributed by atoms with van der Waals surface area (Å²) in [6.07, 6.45) is 3.24. The zero-order valence-electron chi connectivity index (χ0n) is 12.9. The molecule has 1 saturated heterocycles. The van der Waals surface area contributed by atoms with Gasteiger partial charge in [0.25, 0.3) is 0 Å². The minimum Gasteiger partial charge on any atom is -0.504 e. The number of phenolic OH excluding ortho intramolecular Hbond substituents is 1. The molecule has 21 heavy (non-hydrogen) atoms. The van der Waals surface area contributed by atoms with Crippen LogP contribution in [0.25, 0.3) is 0 Å². The molecule has 1 aromatic rings. The number of likely N-dealkylation sites (tertiary alicyclic amines) is 1. The summed E-state index contributed by atoms with van der Waals surface area (Å²) >= 11 is 0. The number of rotatable bonds is 4. The maximum absolute atomic E-state index is 9.56. The Kier molecular flexibility index (Phi) is 5.31. The Bertz CT molecular complexity index is 502. The van der Waals surface area contributed by atoms with Crippen LogP contribution in [0.5, 0.6) is 11.5 Å². The second-order valence-corrected chi connectivity index (χ2v) is 5.69. The highest BCUT2D eigenvalue weighted by atomic mass is 16.5. The first kappa shape index (κ1) is 15.5. The number of aromatic hydroxyl groups is 1. The third kappa shape index (κ3) is 4.28. The molecular formula is C16H25N3O2. The molecule has 1 aromatic carbocycles. The van der Waals surface area contributed by atoms with E-state index in [1.165, 1.54) is 12.8 Å². The van der Waals surface area contributed by atoms with Crippen molar-refractivity contribution in [3.63, 3.8) is 0 Å². The van der Waals surface area contributed by atoms with E-state index in [9.17, 15) is 5.11 Å². The van der Waals surface area contributed by atoms with Crippen LogP contribution in [0.15, 0.2) is 23.2 Å². The van der Waals surface area contributed by atoms with Crippen LogP contribution in [0.2, 0.25) is 0 Å². The van der Waals surface area contributed by atoms with E-state index >= 15 is 0 Å². The summed E-state index contributed by atoms with van der Waals surface area (Å²) in [6, 6.07) is 5.37. The lowest BCUT2D eigenvalue weighted by atomic mass is 10.0. The molecule has 0 amide bonds. The van der Waals surface area contributed by atoms with Crippen molar-refractivity contribution in [1.82, 2.24) is 4.90 Å². The Morgan fingerprint density at radius 2 is 2.33 bits per heavy atom. The van der Waals surface area contributed by atoms with Crippen LogP contribution in [0, 0.1) is 5.92 Å². The lowest BCUT2D eigenvalue weighted by Crippen LogP contribution is -2.43. The molecule has 1 fully saturated rings. The number of aliphatic imine (C=N–C) groups is 1. The Balaban J connectivity index is 1.89. The van der Waals surface area contributed by atoms with Gasteiger partial charge in [-0.1, -0.05) is 13.0 Å². The van der Waals surface area contributed by atoms with Crippen molar-refractivity contribution in [1.29, 1.82) is 0 Å². The van der Waals surface area contributed by atoms with E-state index in [1.54, 1.807) is 13.2 Å². The van der Waals surface area contributed by atoms with E-state index in [-0.39, 0.29) is 5.75 Å². The van der Waals surface area contributed by atoms with Gasteiger partial charge in [-0.2, -0.15) is 0 Å². The lowest BCUT2D eigenvalue weighted by Gasteiger charge is -2.31. The summed E-state index contributed by atoms with van der Waals surface area (Å²) in [5.41, 5.74) is 7.14. The molecule has 0 aliphatic carbocycles. The van der Waals surface area contributed by atoms with Gasteiger partial charge in [0.1, 0.15) is 0 Å². The minimum absolute atomic E-state index is 0.159. The van der Waals surface area contributed by atoms with Crippen LogP contribution in [-0.4, -0.2) is 42.7 Å². The normalized spacial score (nSPS) is 19.6. The first-order valence-corrected chi connectivity index (χ1v) is 7.51.